The first-order chi connectivity index (χ1) is 12.4. The Morgan fingerprint density at radius 1 is 1.08 bits per heavy atom. The fourth-order valence-electron chi connectivity index (χ4n) is 2.05. The Morgan fingerprint density at radius 3 is 2.50 bits per heavy atom. The molecule has 0 unspecified atom stereocenters. The third kappa shape index (κ3) is 5.37. The molecule has 6 nitrogen and oxygen atoms in total. The molecule has 0 saturated heterocycles. The molecule has 0 aromatic heterocycles. The molecular formula is C18H16F2N2O4. The first-order valence-electron chi connectivity index (χ1n) is 7.61. The highest BCUT2D eigenvalue weighted by molar-refractivity contribution is 5.97. The summed E-state index contributed by atoms with van der Waals surface area (Å²) in [6.45, 7) is 0.660. The van der Waals surface area contributed by atoms with Crippen LogP contribution >= 0.6 is 0 Å². The van der Waals surface area contributed by atoms with Gasteiger partial charge in [0.2, 0.25) is 0 Å². The predicted molar refractivity (Wildman–Crippen MR) is 89.5 cm³/mol. The molecule has 2 rings (SSSR count). The Morgan fingerprint density at radius 2 is 1.81 bits per heavy atom. The molecule has 2 aromatic rings. The zero-order valence-corrected chi connectivity index (χ0v) is 13.8. The molecule has 0 heterocycles. The van der Waals surface area contributed by atoms with Crippen LogP contribution in [0.25, 0.3) is 0 Å². The first-order valence-corrected chi connectivity index (χ1v) is 7.61. The molecule has 2 N–H and O–H groups in total. The maximum atomic E-state index is 13.4. The van der Waals surface area contributed by atoms with Gasteiger partial charge in [-0.05, 0) is 30.7 Å². The van der Waals surface area contributed by atoms with Gasteiger partial charge in [-0.3, -0.25) is 14.4 Å². The smallest absolute Gasteiger partial charge is 0.325 e. The van der Waals surface area contributed by atoms with E-state index in [0.717, 1.165) is 17.7 Å². The summed E-state index contributed by atoms with van der Waals surface area (Å²) in [5.74, 6) is -3.81. The number of halogens is 2. The van der Waals surface area contributed by atoms with Crippen molar-refractivity contribution in [3.05, 3.63) is 65.2 Å². The van der Waals surface area contributed by atoms with E-state index in [2.05, 4.69) is 10.6 Å². The van der Waals surface area contributed by atoms with Crippen molar-refractivity contribution in [1.82, 2.24) is 5.32 Å². The normalized spacial score (nSPS) is 10.1. The number of hydrogen-bond acceptors (Lipinski definition) is 4. The highest BCUT2D eigenvalue weighted by Crippen LogP contribution is 2.14. The van der Waals surface area contributed by atoms with Crippen molar-refractivity contribution in [2.45, 2.75) is 6.92 Å². The number of carbonyl (C=O) groups excluding carboxylic acids is 3. The predicted octanol–water partition coefficient (Wildman–Crippen LogP) is 2.18. The molecule has 2 amide bonds. The molecule has 2 aromatic carbocycles. The number of aryl methyl sites for hydroxylation is 1. The van der Waals surface area contributed by atoms with Gasteiger partial charge >= 0.3 is 5.97 Å². The number of ether oxygens (including phenoxy) is 1. The number of amides is 2. The molecule has 0 bridgehead atoms. The van der Waals surface area contributed by atoms with E-state index >= 15 is 0 Å². The van der Waals surface area contributed by atoms with E-state index in [1.54, 1.807) is 31.2 Å². The van der Waals surface area contributed by atoms with Crippen LogP contribution < -0.4 is 10.6 Å². The van der Waals surface area contributed by atoms with Crippen molar-refractivity contribution >= 4 is 23.5 Å². The zero-order valence-electron chi connectivity index (χ0n) is 13.8. The average molecular weight is 362 g/mol. The molecule has 0 aliphatic carbocycles. The van der Waals surface area contributed by atoms with Crippen molar-refractivity contribution < 1.29 is 27.9 Å². The lowest BCUT2D eigenvalue weighted by molar-refractivity contribution is -0.146. The Balaban J connectivity index is 1.77. The third-order valence-corrected chi connectivity index (χ3v) is 3.35. The van der Waals surface area contributed by atoms with E-state index < -0.39 is 42.6 Å². The summed E-state index contributed by atoms with van der Waals surface area (Å²) in [5, 5.41) is 4.53. The second-order valence-corrected chi connectivity index (χ2v) is 5.33. The fourth-order valence-corrected chi connectivity index (χ4v) is 2.05. The summed E-state index contributed by atoms with van der Waals surface area (Å²) in [5.41, 5.74) is 0.934. The number of anilines is 1. The lowest BCUT2D eigenvalue weighted by Gasteiger charge is -2.09. The highest BCUT2D eigenvalue weighted by atomic mass is 19.1. The third-order valence-electron chi connectivity index (χ3n) is 3.35. The van der Waals surface area contributed by atoms with Gasteiger partial charge in [0.1, 0.15) is 18.2 Å². The number of hydrogen-bond donors (Lipinski definition) is 2. The maximum absolute atomic E-state index is 13.4. The number of rotatable bonds is 6. The van der Waals surface area contributed by atoms with Crippen LogP contribution in [0.2, 0.25) is 0 Å². The Hall–Kier alpha value is -3.29. The lowest BCUT2D eigenvalue weighted by Crippen LogP contribution is -2.32. The quantitative estimate of drug-likeness (QED) is 0.772. The summed E-state index contributed by atoms with van der Waals surface area (Å²) in [7, 11) is 0. The first kappa shape index (κ1) is 19.0. The van der Waals surface area contributed by atoms with Crippen LogP contribution in [0.4, 0.5) is 14.5 Å². The average Bonchev–Trinajstić information content (AvgIpc) is 2.60. The second-order valence-electron chi connectivity index (χ2n) is 5.33. The van der Waals surface area contributed by atoms with Gasteiger partial charge in [0.05, 0.1) is 5.69 Å². The van der Waals surface area contributed by atoms with Crippen LogP contribution in [0.15, 0.2) is 42.5 Å². The van der Waals surface area contributed by atoms with Gasteiger partial charge in [-0.2, -0.15) is 0 Å². The minimum absolute atomic E-state index is 0.236. The van der Waals surface area contributed by atoms with Crippen molar-refractivity contribution in [1.29, 1.82) is 0 Å². The fraction of sp³-hybridized carbons (Fsp3) is 0.167. The van der Waals surface area contributed by atoms with Crippen LogP contribution in [-0.2, 0) is 14.3 Å². The van der Waals surface area contributed by atoms with Gasteiger partial charge in [0.15, 0.2) is 6.61 Å². The summed E-state index contributed by atoms with van der Waals surface area (Å²) >= 11 is 0. The molecule has 0 aliphatic rings. The SMILES string of the molecule is Cc1ccccc1C(=O)NCC(=O)OCC(=O)Nc1ccc(F)cc1F. The largest absolute Gasteiger partial charge is 0.454 e. The Bertz CT molecular complexity index is 840. The zero-order chi connectivity index (χ0) is 19.1. The molecule has 0 fully saturated rings. The minimum atomic E-state index is -0.949. The van der Waals surface area contributed by atoms with Crippen LogP contribution in [0, 0.1) is 18.6 Å². The van der Waals surface area contributed by atoms with Gasteiger partial charge in [0, 0.05) is 11.6 Å². The van der Waals surface area contributed by atoms with Crippen LogP contribution in [0.1, 0.15) is 15.9 Å². The Labute approximate surface area is 148 Å². The Kier molecular flexibility index (Phi) is 6.37. The molecule has 0 saturated carbocycles. The van der Waals surface area contributed by atoms with Gasteiger partial charge in [-0.1, -0.05) is 18.2 Å². The van der Waals surface area contributed by atoms with E-state index in [9.17, 15) is 23.2 Å². The number of benzene rings is 2. The van der Waals surface area contributed by atoms with E-state index in [0.29, 0.717) is 11.6 Å². The monoisotopic (exact) mass is 362 g/mol. The molecule has 0 aliphatic heterocycles. The summed E-state index contributed by atoms with van der Waals surface area (Å²) in [4.78, 5) is 35.2. The van der Waals surface area contributed by atoms with Crippen LogP contribution in [0.5, 0.6) is 0 Å². The van der Waals surface area contributed by atoms with Crippen LogP contribution in [-0.4, -0.2) is 30.9 Å². The molecule has 136 valence electrons. The molecule has 26 heavy (non-hydrogen) atoms. The van der Waals surface area contributed by atoms with E-state index in [1.165, 1.54) is 0 Å². The summed E-state index contributed by atoms with van der Waals surface area (Å²) < 4.78 is 30.9. The number of nitrogens with one attached hydrogen (secondary N) is 2. The van der Waals surface area contributed by atoms with E-state index in [-0.39, 0.29) is 5.69 Å². The van der Waals surface area contributed by atoms with Gasteiger partial charge < -0.3 is 15.4 Å². The van der Waals surface area contributed by atoms with Gasteiger partial charge in [-0.15, -0.1) is 0 Å². The van der Waals surface area contributed by atoms with Crippen molar-refractivity contribution in [2.75, 3.05) is 18.5 Å². The molecule has 0 spiro atoms. The summed E-state index contributed by atoms with van der Waals surface area (Å²) in [6, 6.07) is 9.48. The van der Waals surface area contributed by atoms with Gasteiger partial charge in [0.25, 0.3) is 11.8 Å². The molecule has 8 heteroatoms. The minimum Gasteiger partial charge on any atom is -0.454 e. The van der Waals surface area contributed by atoms with Crippen molar-refractivity contribution in [3.63, 3.8) is 0 Å². The van der Waals surface area contributed by atoms with E-state index in [4.69, 9.17) is 4.74 Å². The number of esters is 1. The number of carbonyl (C=O) groups is 3. The van der Waals surface area contributed by atoms with Crippen molar-refractivity contribution in [3.8, 4) is 0 Å². The molecule has 0 radical (unpaired) electrons. The molecule has 0 atom stereocenters. The van der Waals surface area contributed by atoms with Crippen LogP contribution in [0.3, 0.4) is 0 Å². The van der Waals surface area contributed by atoms with Crippen molar-refractivity contribution in [2.24, 2.45) is 0 Å². The summed E-state index contributed by atoms with van der Waals surface area (Å²) in [6.07, 6.45) is 0. The highest BCUT2D eigenvalue weighted by Gasteiger charge is 2.13. The maximum Gasteiger partial charge on any atom is 0.325 e. The standard InChI is InChI=1S/C18H16F2N2O4/c1-11-4-2-3-5-13(11)18(25)21-9-17(24)26-10-16(23)22-15-7-6-12(19)8-14(15)20/h2-8H,9-10H2,1H3,(H,21,25)(H,22,23). The van der Waals surface area contributed by atoms with E-state index in [1.807, 2.05) is 0 Å². The lowest BCUT2D eigenvalue weighted by atomic mass is 10.1. The van der Waals surface area contributed by atoms with Gasteiger partial charge in [-0.25, -0.2) is 8.78 Å². The topological polar surface area (TPSA) is 84.5 Å². The molecular weight excluding hydrogens is 346 g/mol. The second kappa shape index (κ2) is 8.70.